The maximum atomic E-state index is 13.5. The Morgan fingerprint density at radius 2 is 2.07 bits per heavy atom. The Bertz CT molecular complexity index is 981. The number of aromatic nitrogens is 4. The van der Waals surface area contributed by atoms with Gasteiger partial charge in [-0.05, 0) is 59.2 Å². The Balaban J connectivity index is 1.42. The van der Waals surface area contributed by atoms with Crippen molar-refractivity contribution in [3.05, 3.63) is 57.8 Å². The van der Waals surface area contributed by atoms with Crippen LogP contribution in [0.4, 0.5) is 0 Å². The van der Waals surface area contributed by atoms with Crippen molar-refractivity contribution in [2.24, 2.45) is 0 Å². The molecular weight excluding hydrogens is 390 g/mol. The highest BCUT2D eigenvalue weighted by Crippen LogP contribution is 2.40. The van der Waals surface area contributed by atoms with Crippen molar-refractivity contribution in [1.29, 1.82) is 0 Å². The van der Waals surface area contributed by atoms with E-state index in [4.69, 9.17) is 0 Å². The second-order valence-corrected chi connectivity index (χ2v) is 9.60. The lowest BCUT2D eigenvalue weighted by atomic mass is 9.93. The van der Waals surface area contributed by atoms with E-state index in [0.717, 1.165) is 36.5 Å². The molecule has 2 aromatic heterocycles. The van der Waals surface area contributed by atoms with Gasteiger partial charge in [0.2, 0.25) is 11.1 Å². The fourth-order valence-electron chi connectivity index (χ4n) is 3.80. The molecule has 28 heavy (non-hydrogen) atoms. The zero-order valence-corrected chi connectivity index (χ0v) is 17.2. The van der Waals surface area contributed by atoms with Gasteiger partial charge in [0.25, 0.3) is 0 Å². The zero-order chi connectivity index (χ0) is 19.1. The Hall–Kier alpha value is -2.19. The first kappa shape index (κ1) is 17.9. The molecule has 1 amide bonds. The molecule has 1 aliphatic carbocycles. The highest BCUT2D eigenvalue weighted by atomic mass is 32.2. The number of fused-ring (bicyclic) bond motifs is 1. The molecule has 8 heteroatoms. The van der Waals surface area contributed by atoms with Crippen LogP contribution >= 0.6 is 23.1 Å². The third-order valence-electron chi connectivity index (χ3n) is 5.35. The monoisotopic (exact) mass is 411 g/mol. The summed E-state index contributed by atoms with van der Waals surface area (Å²) in [7, 11) is 0. The van der Waals surface area contributed by atoms with Crippen LogP contribution in [0.5, 0.6) is 0 Å². The van der Waals surface area contributed by atoms with Crippen molar-refractivity contribution in [1.82, 2.24) is 25.1 Å². The smallest absolute Gasteiger partial charge is 0.236 e. The zero-order valence-electron chi connectivity index (χ0n) is 15.6. The summed E-state index contributed by atoms with van der Waals surface area (Å²) < 4.78 is 1.87. The van der Waals surface area contributed by atoms with Gasteiger partial charge in [0.1, 0.15) is 0 Å². The number of carbonyl (C=O) groups excluding carboxylic acids is 1. The predicted molar refractivity (Wildman–Crippen MR) is 109 cm³/mol. The quantitative estimate of drug-likeness (QED) is 0.599. The molecule has 0 saturated heterocycles. The highest BCUT2D eigenvalue weighted by molar-refractivity contribution is 8.00. The maximum absolute atomic E-state index is 13.5. The SMILES string of the molecule is CC(Sc1nnnn1C1CC1)C(=O)N1CCc2sccc2C1c1ccccc1. The van der Waals surface area contributed by atoms with E-state index in [0.29, 0.717) is 6.04 Å². The molecule has 3 heterocycles. The number of benzene rings is 1. The van der Waals surface area contributed by atoms with Crippen LogP contribution in [0.3, 0.4) is 0 Å². The summed E-state index contributed by atoms with van der Waals surface area (Å²) >= 11 is 3.25. The summed E-state index contributed by atoms with van der Waals surface area (Å²) in [6.45, 7) is 2.70. The van der Waals surface area contributed by atoms with E-state index < -0.39 is 0 Å². The van der Waals surface area contributed by atoms with Crippen molar-refractivity contribution >= 4 is 29.0 Å². The summed E-state index contributed by atoms with van der Waals surface area (Å²) in [6, 6.07) is 12.9. The summed E-state index contributed by atoms with van der Waals surface area (Å²) in [5.74, 6) is 0.140. The fourth-order valence-corrected chi connectivity index (χ4v) is 5.64. The van der Waals surface area contributed by atoms with E-state index in [1.165, 1.54) is 22.2 Å². The van der Waals surface area contributed by atoms with Crippen molar-refractivity contribution in [3.8, 4) is 0 Å². The van der Waals surface area contributed by atoms with Gasteiger partial charge in [-0.1, -0.05) is 42.1 Å². The summed E-state index contributed by atoms with van der Waals surface area (Å²) in [5.41, 5.74) is 2.42. The van der Waals surface area contributed by atoms with E-state index in [1.54, 1.807) is 11.3 Å². The fraction of sp³-hybridized carbons (Fsp3) is 0.400. The average molecular weight is 412 g/mol. The molecular formula is C20H21N5OS2. The van der Waals surface area contributed by atoms with E-state index in [1.807, 2.05) is 34.7 Å². The topological polar surface area (TPSA) is 63.9 Å². The molecule has 1 fully saturated rings. The van der Waals surface area contributed by atoms with Gasteiger partial charge >= 0.3 is 0 Å². The predicted octanol–water partition coefficient (Wildman–Crippen LogP) is 3.72. The van der Waals surface area contributed by atoms with Crippen molar-refractivity contribution in [2.75, 3.05) is 6.54 Å². The number of rotatable bonds is 5. The number of hydrogen-bond donors (Lipinski definition) is 0. The number of tetrazole rings is 1. The van der Waals surface area contributed by atoms with Gasteiger partial charge in [-0.2, -0.15) is 0 Å². The van der Waals surface area contributed by atoms with Crippen LogP contribution in [0.2, 0.25) is 0 Å². The number of thiophene rings is 1. The van der Waals surface area contributed by atoms with Gasteiger partial charge in [0.15, 0.2) is 0 Å². The molecule has 2 atom stereocenters. The molecule has 0 radical (unpaired) electrons. The Labute approximate surface area is 171 Å². The van der Waals surface area contributed by atoms with E-state index >= 15 is 0 Å². The number of hydrogen-bond acceptors (Lipinski definition) is 6. The molecule has 0 bridgehead atoms. The molecule has 3 aromatic rings. The van der Waals surface area contributed by atoms with Crippen molar-refractivity contribution < 1.29 is 4.79 Å². The largest absolute Gasteiger partial charge is 0.330 e. The maximum Gasteiger partial charge on any atom is 0.236 e. The van der Waals surface area contributed by atoms with Gasteiger partial charge in [0.05, 0.1) is 17.3 Å². The number of nitrogens with zero attached hydrogens (tertiary/aromatic N) is 5. The molecule has 6 nitrogen and oxygen atoms in total. The standard InChI is InChI=1S/C20H21N5OS2/c1-13(28-20-21-22-23-25(20)15-7-8-15)19(26)24-11-9-17-16(10-12-27-17)18(24)14-5-3-2-4-6-14/h2-6,10,12-13,15,18H,7-9,11H2,1H3. The minimum Gasteiger partial charge on any atom is -0.330 e. The van der Waals surface area contributed by atoms with Gasteiger partial charge in [-0.3, -0.25) is 4.79 Å². The van der Waals surface area contributed by atoms with Crippen LogP contribution in [0, 0.1) is 0 Å². The average Bonchev–Trinajstić information content (AvgIpc) is 3.27. The lowest BCUT2D eigenvalue weighted by Gasteiger charge is -2.37. The van der Waals surface area contributed by atoms with Crippen LogP contribution in [0.15, 0.2) is 46.9 Å². The molecule has 0 spiro atoms. The van der Waals surface area contributed by atoms with Crippen LogP contribution in [0.25, 0.3) is 0 Å². The third-order valence-corrected chi connectivity index (χ3v) is 7.38. The summed E-state index contributed by atoms with van der Waals surface area (Å²) in [5, 5.41) is 14.7. The first-order valence-electron chi connectivity index (χ1n) is 9.58. The molecule has 2 unspecified atom stereocenters. The second-order valence-electron chi connectivity index (χ2n) is 7.29. The molecule has 144 valence electrons. The number of carbonyl (C=O) groups is 1. The molecule has 2 aliphatic rings. The van der Waals surface area contributed by atoms with Crippen LogP contribution in [0.1, 0.15) is 47.9 Å². The van der Waals surface area contributed by atoms with Crippen molar-refractivity contribution in [2.45, 2.75) is 48.7 Å². The second kappa shape index (κ2) is 7.33. The molecule has 0 N–H and O–H groups in total. The van der Waals surface area contributed by atoms with Gasteiger partial charge < -0.3 is 4.90 Å². The minimum atomic E-state index is -0.241. The van der Waals surface area contributed by atoms with Crippen LogP contribution < -0.4 is 0 Å². The third kappa shape index (κ3) is 3.24. The Morgan fingerprint density at radius 3 is 2.86 bits per heavy atom. The molecule has 1 aromatic carbocycles. The number of amides is 1. The lowest BCUT2D eigenvalue weighted by molar-refractivity contribution is -0.132. The lowest BCUT2D eigenvalue weighted by Crippen LogP contribution is -2.43. The summed E-state index contributed by atoms with van der Waals surface area (Å²) in [4.78, 5) is 16.9. The van der Waals surface area contributed by atoms with E-state index in [2.05, 4.69) is 39.1 Å². The first-order chi connectivity index (χ1) is 13.7. The number of thioether (sulfide) groups is 1. The van der Waals surface area contributed by atoms with Gasteiger partial charge in [-0.25, -0.2) is 4.68 Å². The Kier molecular flexibility index (Phi) is 4.68. The molecule has 1 saturated carbocycles. The van der Waals surface area contributed by atoms with E-state index in [9.17, 15) is 4.79 Å². The Morgan fingerprint density at radius 1 is 1.25 bits per heavy atom. The minimum absolute atomic E-state index is 0.0221. The highest BCUT2D eigenvalue weighted by Gasteiger charge is 2.36. The van der Waals surface area contributed by atoms with E-state index in [-0.39, 0.29) is 17.2 Å². The first-order valence-corrected chi connectivity index (χ1v) is 11.3. The van der Waals surface area contributed by atoms with Crippen LogP contribution in [-0.4, -0.2) is 42.8 Å². The van der Waals surface area contributed by atoms with Crippen LogP contribution in [-0.2, 0) is 11.2 Å². The molecule has 5 rings (SSSR count). The normalized spacial score (nSPS) is 20.0. The molecule has 1 aliphatic heterocycles. The van der Waals surface area contributed by atoms with Crippen molar-refractivity contribution in [3.63, 3.8) is 0 Å². The van der Waals surface area contributed by atoms with Gasteiger partial charge in [0, 0.05) is 11.4 Å². The van der Waals surface area contributed by atoms with Gasteiger partial charge in [-0.15, -0.1) is 16.4 Å². The summed E-state index contributed by atoms with van der Waals surface area (Å²) in [6.07, 6.45) is 3.15.